The van der Waals surface area contributed by atoms with Gasteiger partial charge in [-0.15, -0.1) is 0 Å². The third-order valence-electron chi connectivity index (χ3n) is 6.40. The van der Waals surface area contributed by atoms with Crippen LogP contribution < -0.4 is 16.0 Å². The number of nitrogens with one attached hydrogen (secondary N) is 3. The second kappa shape index (κ2) is 13.0. The van der Waals surface area contributed by atoms with Crippen LogP contribution >= 0.6 is 0 Å². The smallest absolute Gasteiger partial charge is 0.383 e. The quantitative estimate of drug-likeness (QED) is 0.226. The van der Waals surface area contributed by atoms with Crippen LogP contribution in [0.3, 0.4) is 0 Å². The van der Waals surface area contributed by atoms with Gasteiger partial charge in [-0.2, -0.15) is 13.2 Å². The molecule has 0 unspecified atom stereocenters. The van der Waals surface area contributed by atoms with E-state index in [9.17, 15) is 31.5 Å². The summed E-state index contributed by atoms with van der Waals surface area (Å²) in [6.07, 6.45) is -0.610. The maximum Gasteiger partial charge on any atom is 0.416 e. The third kappa shape index (κ3) is 8.09. The van der Waals surface area contributed by atoms with Gasteiger partial charge in [0.05, 0.1) is 12.2 Å². The maximum atomic E-state index is 13.5. The second-order valence-electron chi connectivity index (χ2n) is 9.18. The summed E-state index contributed by atoms with van der Waals surface area (Å²) >= 11 is 0. The molecule has 0 bridgehead atoms. The monoisotopic (exact) mass is 539 g/mol. The minimum atomic E-state index is -4.73. The fraction of sp³-hybridized carbons (Fsp3) is 0.407. The first-order valence-electron chi connectivity index (χ1n) is 12.1. The van der Waals surface area contributed by atoms with E-state index in [1.807, 2.05) is 0 Å². The lowest BCUT2D eigenvalue weighted by molar-refractivity contribution is -0.137. The highest BCUT2D eigenvalue weighted by Gasteiger charge is 2.43. The fourth-order valence-corrected chi connectivity index (χ4v) is 4.37. The van der Waals surface area contributed by atoms with Crippen molar-refractivity contribution < 1.29 is 36.3 Å². The van der Waals surface area contributed by atoms with Gasteiger partial charge in [0.15, 0.2) is 0 Å². The van der Waals surface area contributed by atoms with Crippen molar-refractivity contribution in [2.24, 2.45) is 0 Å². The summed E-state index contributed by atoms with van der Waals surface area (Å²) in [5.74, 6) is -1.71. The third-order valence-corrected chi connectivity index (χ3v) is 6.40. The van der Waals surface area contributed by atoms with E-state index in [2.05, 4.69) is 16.0 Å². The molecule has 1 fully saturated rings. The van der Waals surface area contributed by atoms with E-state index in [0.29, 0.717) is 37.6 Å². The minimum Gasteiger partial charge on any atom is -0.383 e. The lowest BCUT2D eigenvalue weighted by Gasteiger charge is -2.39. The SMILES string of the molecule is COCCNC1CCC(NC(=O)/C=C/c2ccc(F)cc2)(C(=O)Nc2cc(CF)cc(C(F)(F)F)c2)CC1. The average molecular weight is 540 g/mol. The van der Waals surface area contributed by atoms with Gasteiger partial charge < -0.3 is 20.7 Å². The molecule has 206 valence electrons. The Balaban J connectivity index is 1.81. The average Bonchev–Trinajstić information content (AvgIpc) is 2.88. The summed E-state index contributed by atoms with van der Waals surface area (Å²) < 4.78 is 71.3. The number of carbonyl (C=O) groups excluding carboxylic acids is 2. The molecule has 1 saturated carbocycles. The topological polar surface area (TPSA) is 79.5 Å². The highest BCUT2D eigenvalue weighted by Crippen LogP contribution is 2.34. The van der Waals surface area contributed by atoms with Crippen LogP contribution in [0.5, 0.6) is 0 Å². The van der Waals surface area contributed by atoms with Crippen LogP contribution in [0.1, 0.15) is 42.4 Å². The van der Waals surface area contributed by atoms with Gasteiger partial charge in [-0.3, -0.25) is 9.59 Å². The molecule has 11 heteroatoms. The number of benzene rings is 2. The molecular weight excluding hydrogens is 509 g/mol. The van der Waals surface area contributed by atoms with Crippen molar-refractivity contribution in [2.45, 2.75) is 50.1 Å². The molecule has 0 aliphatic heterocycles. The number of hydrogen-bond acceptors (Lipinski definition) is 4. The summed E-state index contributed by atoms with van der Waals surface area (Å²) in [6.45, 7) is -0.0411. The fourth-order valence-electron chi connectivity index (χ4n) is 4.37. The highest BCUT2D eigenvalue weighted by atomic mass is 19.4. The van der Waals surface area contributed by atoms with Gasteiger partial charge in [0.25, 0.3) is 0 Å². The van der Waals surface area contributed by atoms with Gasteiger partial charge in [-0.05, 0) is 73.2 Å². The lowest BCUT2D eigenvalue weighted by Crippen LogP contribution is -2.59. The second-order valence-corrected chi connectivity index (χ2v) is 9.18. The number of hydrogen-bond donors (Lipinski definition) is 3. The molecule has 0 saturated heterocycles. The van der Waals surface area contributed by atoms with Crippen molar-refractivity contribution in [3.63, 3.8) is 0 Å². The van der Waals surface area contributed by atoms with Crippen LogP contribution in [-0.2, 0) is 27.2 Å². The first-order valence-corrected chi connectivity index (χ1v) is 12.1. The number of amides is 2. The van der Waals surface area contributed by atoms with Crippen LogP contribution in [0.2, 0.25) is 0 Å². The van der Waals surface area contributed by atoms with Crippen molar-refractivity contribution >= 4 is 23.6 Å². The predicted octanol–water partition coefficient (Wildman–Crippen LogP) is 5.00. The first kappa shape index (κ1) is 29.2. The summed E-state index contributed by atoms with van der Waals surface area (Å²) in [6, 6.07) is 8.06. The van der Waals surface area contributed by atoms with Gasteiger partial charge in [-0.25, -0.2) is 8.78 Å². The molecule has 2 amide bonds. The molecule has 2 aromatic carbocycles. The summed E-state index contributed by atoms with van der Waals surface area (Å²) in [4.78, 5) is 26.3. The zero-order valence-corrected chi connectivity index (χ0v) is 20.8. The Hall–Kier alpha value is -3.31. The molecule has 2 aromatic rings. The van der Waals surface area contributed by atoms with Gasteiger partial charge in [-0.1, -0.05) is 12.1 Å². The zero-order valence-electron chi connectivity index (χ0n) is 20.8. The molecule has 6 nitrogen and oxygen atoms in total. The molecule has 3 rings (SSSR count). The molecule has 0 radical (unpaired) electrons. The summed E-state index contributed by atoms with van der Waals surface area (Å²) in [7, 11) is 1.58. The molecule has 0 aromatic heterocycles. The van der Waals surface area contributed by atoms with Crippen molar-refractivity contribution in [1.29, 1.82) is 0 Å². The van der Waals surface area contributed by atoms with E-state index in [0.717, 1.165) is 12.1 Å². The van der Waals surface area contributed by atoms with Crippen molar-refractivity contribution in [2.75, 3.05) is 25.6 Å². The molecular formula is C27H30F5N3O3. The van der Waals surface area contributed by atoms with Crippen LogP contribution in [0.4, 0.5) is 27.6 Å². The molecule has 38 heavy (non-hydrogen) atoms. The predicted molar refractivity (Wildman–Crippen MR) is 133 cm³/mol. The van der Waals surface area contributed by atoms with Gasteiger partial charge in [0, 0.05) is 31.5 Å². The molecule has 3 N–H and O–H groups in total. The van der Waals surface area contributed by atoms with Crippen LogP contribution in [0.25, 0.3) is 6.08 Å². The number of methoxy groups -OCH3 is 1. The standard InChI is InChI=1S/C27H30F5N3O3/c1-38-13-12-33-22-8-10-26(11-9-22,35-24(36)7-4-18-2-5-21(29)6-3-18)25(37)34-23-15-19(17-28)14-20(16-23)27(30,31)32/h2-7,14-16,22,33H,8-13,17H2,1H3,(H,34,37)(H,35,36)/b7-4+. The van der Waals surface area contributed by atoms with E-state index in [1.165, 1.54) is 36.4 Å². The van der Waals surface area contributed by atoms with Gasteiger partial charge >= 0.3 is 6.18 Å². The van der Waals surface area contributed by atoms with E-state index >= 15 is 0 Å². The highest BCUT2D eigenvalue weighted by molar-refractivity contribution is 6.03. The molecule has 0 spiro atoms. The Morgan fingerprint density at radius 3 is 2.39 bits per heavy atom. The summed E-state index contributed by atoms with van der Waals surface area (Å²) in [5, 5.41) is 8.51. The molecule has 1 aliphatic rings. The first-order chi connectivity index (χ1) is 18.0. The van der Waals surface area contributed by atoms with E-state index in [1.54, 1.807) is 7.11 Å². The number of alkyl halides is 4. The number of anilines is 1. The van der Waals surface area contributed by atoms with Gasteiger partial charge in [0.2, 0.25) is 11.8 Å². The lowest BCUT2D eigenvalue weighted by atomic mass is 9.78. The Morgan fingerprint density at radius 1 is 1.11 bits per heavy atom. The van der Waals surface area contributed by atoms with Crippen molar-refractivity contribution in [3.05, 3.63) is 71.0 Å². The molecule has 1 aliphatic carbocycles. The number of rotatable bonds is 10. The normalized spacial score (nSPS) is 19.9. The largest absolute Gasteiger partial charge is 0.416 e. The Bertz CT molecular complexity index is 1130. The number of ether oxygens (including phenoxy) is 1. The van der Waals surface area contributed by atoms with Crippen molar-refractivity contribution in [1.82, 2.24) is 10.6 Å². The van der Waals surface area contributed by atoms with E-state index in [4.69, 9.17) is 4.74 Å². The van der Waals surface area contributed by atoms with E-state index < -0.39 is 41.6 Å². The Morgan fingerprint density at radius 2 is 1.79 bits per heavy atom. The Kier molecular flexibility index (Phi) is 9.98. The minimum absolute atomic E-state index is 0.0597. The number of halogens is 5. The van der Waals surface area contributed by atoms with Crippen LogP contribution in [0.15, 0.2) is 48.5 Å². The van der Waals surface area contributed by atoms with Crippen LogP contribution in [0, 0.1) is 5.82 Å². The Labute approximate surface area is 217 Å². The van der Waals surface area contributed by atoms with Crippen LogP contribution in [-0.4, -0.2) is 43.7 Å². The van der Waals surface area contributed by atoms with Gasteiger partial charge in [0.1, 0.15) is 18.0 Å². The van der Waals surface area contributed by atoms with E-state index in [-0.39, 0.29) is 30.1 Å². The van der Waals surface area contributed by atoms with Crippen molar-refractivity contribution in [3.8, 4) is 0 Å². The number of carbonyl (C=O) groups is 2. The zero-order chi connectivity index (χ0) is 27.8. The maximum absolute atomic E-state index is 13.5. The molecule has 0 atom stereocenters. The molecule has 0 heterocycles. The summed E-state index contributed by atoms with van der Waals surface area (Å²) in [5.41, 5.74) is -2.38.